The zero-order valence-corrected chi connectivity index (χ0v) is 10.6. The average Bonchev–Trinajstić information content (AvgIpc) is 2.63. The second-order valence-electron chi connectivity index (χ2n) is 4.30. The van der Waals surface area contributed by atoms with Gasteiger partial charge in [-0.2, -0.15) is 4.39 Å². The Hall–Kier alpha value is -2.51. The lowest BCUT2D eigenvalue weighted by Crippen LogP contribution is -2.34. The number of benzene rings is 1. The minimum atomic E-state index is -0.996. The molecule has 2 amide bonds. The van der Waals surface area contributed by atoms with Crippen molar-refractivity contribution >= 4 is 23.2 Å². The van der Waals surface area contributed by atoms with Crippen molar-refractivity contribution in [2.45, 2.75) is 19.4 Å². The summed E-state index contributed by atoms with van der Waals surface area (Å²) in [6.07, 6.45) is -0.00865. The zero-order valence-electron chi connectivity index (χ0n) is 10.6. The van der Waals surface area contributed by atoms with E-state index in [9.17, 15) is 24.1 Å². The molecule has 0 saturated carbocycles. The summed E-state index contributed by atoms with van der Waals surface area (Å²) in [7, 11) is 0. The summed E-state index contributed by atoms with van der Waals surface area (Å²) in [4.78, 5) is 34.2. The first-order chi connectivity index (χ1) is 9.43. The fraction of sp³-hybridized carbons (Fsp3) is 0.333. The Balaban J connectivity index is 2.15. The molecular weight excluding hydrogens is 269 g/mol. The number of hydrogen-bond donors (Lipinski definition) is 1. The molecule has 1 aliphatic heterocycles. The molecule has 1 saturated heterocycles. The first kappa shape index (κ1) is 13.9. The third kappa shape index (κ3) is 2.44. The SMILES string of the molecule is CCN1C(=O)CC(Nc2ccc([N+](=O)[O-])c(F)c2)C1=O. The van der Waals surface area contributed by atoms with Crippen molar-refractivity contribution in [1.82, 2.24) is 4.90 Å². The Labute approximate surface area is 113 Å². The van der Waals surface area contributed by atoms with E-state index in [1.165, 1.54) is 6.07 Å². The Morgan fingerprint density at radius 2 is 2.20 bits per heavy atom. The number of nitro groups is 1. The molecular formula is C12H12FN3O4. The number of carbonyl (C=O) groups is 2. The lowest BCUT2D eigenvalue weighted by Gasteiger charge is -2.14. The highest BCUT2D eigenvalue weighted by molar-refractivity contribution is 6.06. The highest BCUT2D eigenvalue weighted by atomic mass is 19.1. The molecule has 0 bridgehead atoms. The number of nitro benzene ring substituents is 1. The molecule has 1 fully saturated rings. The van der Waals surface area contributed by atoms with Crippen molar-refractivity contribution in [3.63, 3.8) is 0 Å². The second kappa shape index (κ2) is 5.24. The van der Waals surface area contributed by atoms with Crippen molar-refractivity contribution in [2.75, 3.05) is 11.9 Å². The molecule has 0 radical (unpaired) electrons. The van der Waals surface area contributed by atoms with E-state index >= 15 is 0 Å². The summed E-state index contributed by atoms with van der Waals surface area (Å²) in [6.45, 7) is 1.97. The van der Waals surface area contributed by atoms with Crippen LogP contribution in [-0.4, -0.2) is 34.2 Å². The maximum absolute atomic E-state index is 13.4. The van der Waals surface area contributed by atoms with Gasteiger partial charge in [-0.1, -0.05) is 0 Å². The molecule has 106 valence electrons. The van der Waals surface area contributed by atoms with Crippen LogP contribution in [-0.2, 0) is 9.59 Å². The fourth-order valence-corrected chi connectivity index (χ4v) is 2.07. The number of imide groups is 1. The minimum absolute atomic E-state index is 0.00865. The lowest BCUT2D eigenvalue weighted by atomic mass is 10.2. The Kier molecular flexibility index (Phi) is 3.64. The molecule has 7 nitrogen and oxygen atoms in total. The summed E-state index contributed by atoms with van der Waals surface area (Å²) in [5.74, 6) is -1.67. The van der Waals surface area contributed by atoms with Crippen LogP contribution in [0.2, 0.25) is 0 Å². The summed E-state index contributed by atoms with van der Waals surface area (Å²) in [6, 6.07) is 2.48. The Morgan fingerprint density at radius 1 is 1.50 bits per heavy atom. The van der Waals surface area contributed by atoms with Gasteiger partial charge in [0.25, 0.3) is 5.91 Å². The number of likely N-dealkylation sites (N-methyl/N-ethyl adjacent to an activating group) is 1. The van der Waals surface area contributed by atoms with Gasteiger partial charge in [0.1, 0.15) is 6.04 Å². The molecule has 1 heterocycles. The number of halogens is 1. The van der Waals surface area contributed by atoms with E-state index in [-0.39, 0.29) is 30.5 Å². The average molecular weight is 281 g/mol. The Morgan fingerprint density at radius 3 is 2.70 bits per heavy atom. The van der Waals surface area contributed by atoms with Crippen LogP contribution in [0.25, 0.3) is 0 Å². The molecule has 1 aromatic rings. The third-order valence-corrected chi connectivity index (χ3v) is 3.05. The van der Waals surface area contributed by atoms with Gasteiger partial charge in [0.15, 0.2) is 0 Å². The Bertz CT molecular complexity index is 590. The number of rotatable bonds is 4. The van der Waals surface area contributed by atoms with Crippen LogP contribution in [0.3, 0.4) is 0 Å². The number of carbonyl (C=O) groups excluding carboxylic acids is 2. The summed E-state index contributed by atoms with van der Waals surface area (Å²) < 4.78 is 13.4. The fourth-order valence-electron chi connectivity index (χ4n) is 2.07. The molecule has 1 aromatic carbocycles. The molecule has 0 aliphatic carbocycles. The van der Waals surface area contributed by atoms with E-state index in [2.05, 4.69) is 5.32 Å². The first-order valence-corrected chi connectivity index (χ1v) is 5.98. The van der Waals surface area contributed by atoms with Crippen LogP contribution in [0.4, 0.5) is 15.8 Å². The summed E-state index contributed by atoms with van der Waals surface area (Å²) >= 11 is 0. The van der Waals surface area contributed by atoms with E-state index in [4.69, 9.17) is 0 Å². The molecule has 8 heteroatoms. The van der Waals surface area contributed by atoms with Gasteiger partial charge in [0.05, 0.1) is 11.3 Å². The zero-order chi connectivity index (χ0) is 14.9. The number of nitrogens with one attached hydrogen (secondary N) is 1. The van der Waals surface area contributed by atoms with Gasteiger partial charge in [-0.3, -0.25) is 24.6 Å². The summed E-state index contributed by atoms with van der Waals surface area (Å²) in [5.41, 5.74) is -0.420. The summed E-state index contributed by atoms with van der Waals surface area (Å²) in [5, 5.41) is 13.2. The van der Waals surface area contributed by atoms with E-state index in [1.54, 1.807) is 6.92 Å². The first-order valence-electron chi connectivity index (χ1n) is 5.98. The predicted octanol–water partition coefficient (Wildman–Crippen LogP) is 1.29. The monoisotopic (exact) mass is 281 g/mol. The normalized spacial score (nSPS) is 18.5. The lowest BCUT2D eigenvalue weighted by molar-refractivity contribution is -0.387. The van der Waals surface area contributed by atoms with Gasteiger partial charge in [0, 0.05) is 24.4 Å². The highest BCUT2D eigenvalue weighted by Gasteiger charge is 2.37. The maximum Gasteiger partial charge on any atom is 0.304 e. The number of nitrogens with zero attached hydrogens (tertiary/aromatic N) is 2. The van der Waals surface area contributed by atoms with Crippen LogP contribution in [0.15, 0.2) is 18.2 Å². The topological polar surface area (TPSA) is 92.6 Å². The van der Waals surface area contributed by atoms with E-state index in [0.717, 1.165) is 17.0 Å². The highest BCUT2D eigenvalue weighted by Crippen LogP contribution is 2.23. The van der Waals surface area contributed by atoms with Gasteiger partial charge in [-0.15, -0.1) is 0 Å². The van der Waals surface area contributed by atoms with E-state index < -0.39 is 22.5 Å². The van der Waals surface area contributed by atoms with Crippen molar-refractivity contribution in [1.29, 1.82) is 0 Å². The molecule has 1 aliphatic rings. The second-order valence-corrected chi connectivity index (χ2v) is 4.30. The molecule has 1 unspecified atom stereocenters. The van der Waals surface area contributed by atoms with Crippen molar-refractivity contribution in [3.05, 3.63) is 34.1 Å². The van der Waals surface area contributed by atoms with Crippen LogP contribution in [0, 0.1) is 15.9 Å². The van der Waals surface area contributed by atoms with Gasteiger partial charge < -0.3 is 5.32 Å². The largest absolute Gasteiger partial charge is 0.373 e. The molecule has 1 N–H and O–H groups in total. The third-order valence-electron chi connectivity index (χ3n) is 3.05. The molecule has 1 atom stereocenters. The van der Waals surface area contributed by atoms with Gasteiger partial charge >= 0.3 is 5.69 Å². The van der Waals surface area contributed by atoms with Crippen LogP contribution >= 0.6 is 0 Å². The molecule has 20 heavy (non-hydrogen) atoms. The quantitative estimate of drug-likeness (QED) is 0.510. The van der Waals surface area contributed by atoms with E-state index in [1.807, 2.05) is 0 Å². The predicted molar refractivity (Wildman–Crippen MR) is 67.5 cm³/mol. The van der Waals surface area contributed by atoms with Crippen LogP contribution in [0.5, 0.6) is 0 Å². The van der Waals surface area contributed by atoms with Crippen molar-refractivity contribution in [3.8, 4) is 0 Å². The number of likely N-dealkylation sites (tertiary alicyclic amines) is 1. The minimum Gasteiger partial charge on any atom is -0.373 e. The molecule has 0 spiro atoms. The van der Waals surface area contributed by atoms with Gasteiger partial charge in [-0.05, 0) is 13.0 Å². The molecule has 0 aromatic heterocycles. The number of hydrogen-bond acceptors (Lipinski definition) is 5. The smallest absolute Gasteiger partial charge is 0.304 e. The van der Waals surface area contributed by atoms with Crippen LogP contribution in [0.1, 0.15) is 13.3 Å². The molecule has 2 rings (SSSR count). The van der Waals surface area contributed by atoms with Gasteiger partial charge in [-0.25, -0.2) is 0 Å². The van der Waals surface area contributed by atoms with E-state index in [0.29, 0.717) is 0 Å². The van der Waals surface area contributed by atoms with Crippen LogP contribution < -0.4 is 5.32 Å². The standard InChI is InChI=1S/C12H12FN3O4/c1-2-15-11(17)6-9(12(15)18)14-7-3-4-10(16(19)20)8(13)5-7/h3-5,9,14H,2,6H2,1H3. The maximum atomic E-state index is 13.4. The number of anilines is 1. The number of amides is 2. The van der Waals surface area contributed by atoms with Crippen molar-refractivity contribution < 1.29 is 18.9 Å². The van der Waals surface area contributed by atoms with Crippen molar-refractivity contribution in [2.24, 2.45) is 0 Å². The van der Waals surface area contributed by atoms with Gasteiger partial charge in [0.2, 0.25) is 11.7 Å².